The van der Waals surface area contributed by atoms with Gasteiger partial charge >= 0.3 is 6.03 Å². The number of hydrogen-bond acceptors (Lipinski definition) is 2. The number of hydrogen-bond donors (Lipinski definition) is 3. The lowest BCUT2D eigenvalue weighted by molar-refractivity contribution is 0.102. The molecule has 0 aromatic heterocycles. The quantitative estimate of drug-likeness (QED) is 0.792. The number of nitrogens with two attached hydrogens (primary N) is 1. The number of rotatable bonds is 5. The lowest BCUT2D eigenvalue weighted by atomic mass is 10.1. The van der Waals surface area contributed by atoms with E-state index in [0.717, 1.165) is 17.7 Å². The third-order valence-corrected chi connectivity index (χ3v) is 3.28. The predicted octanol–water partition coefficient (Wildman–Crippen LogP) is 2.67. The van der Waals surface area contributed by atoms with Crippen LogP contribution in [0.5, 0.6) is 0 Å². The summed E-state index contributed by atoms with van der Waals surface area (Å²) in [7, 11) is 0. The highest BCUT2D eigenvalue weighted by atomic mass is 16.2. The maximum absolute atomic E-state index is 12.2. The lowest BCUT2D eigenvalue weighted by Crippen LogP contribution is -2.28. The predicted molar refractivity (Wildman–Crippen MR) is 86.6 cm³/mol. The van der Waals surface area contributed by atoms with Crippen LogP contribution in [-0.2, 0) is 13.0 Å². The van der Waals surface area contributed by atoms with Crippen molar-refractivity contribution in [3.8, 4) is 0 Å². The second kappa shape index (κ2) is 7.26. The molecule has 0 saturated heterocycles. The van der Waals surface area contributed by atoms with Crippen molar-refractivity contribution in [3.05, 3.63) is 65.2 Å². The topological polar surface area (TPSA) is 84.2 Å². The van der Waals surface area contributed by atoms with E-state index in [0.29, 0.717) is 12.1 Å². The Morgan fingerprint density at radius 1 is 1.05 bits per heavy atom. The van der Waals surface area contributed by atoms with Crippen molar-refractivity contribution in [2.75, 3.05) is 5.32 Å². The van der Waals surface area contributed by atoms with E-state index in [1.807, 2.05) is 24.3 Å². The van der Waals surface area contributed by atoms with Crippen molar-refractivity contribution >= 4 is 17.6 Å². The van der Waals surface area contributed by atoms with Crippen LogP contribution in [0, 0.1) is 0 Å². The van der Waals surface area contributed by atoms with Crippen molar-refractivity contribution < 1.29 is 9.59 Å². The van der Waals surface area contributed by atoms with Crippen LogP contribution in [0.4, 0.5) is 10.5 Å². The molecule has 2 rings (SSSR count). The van der Waals surface area contributed by atoms with E-state index in [-0.39, 0.29) is 5.91 Å². The molecule has 4 N–H and O–H groups in total. The van der Waals surface area contributed by atoms with Gasteiger partial charge in [-0.1, -0.05) is 31.2 Å². The second-order valence-electron chi connectivity index (χ2n) is 4.92. The van der Waals surface area contributed by atoms with Gasteiger partial charge < -0.3 is 16.4 Å². The van der Waals surface area contributed by atoms with Gasteiger partial charge in [0, 0.05) is 17.8 Å². The molecule has 0 bridgehead atoms. The Labute approximate surface area is 129 Å². The van der Waals surface area contributed by atoms with E-state index in [1.54, 1.807) is 24.3 Å². The van der Waals surface area contributed by atoms with Crippen LogP contribution in [-0.4, -0.2) is 11.9 Å². The molecule has 0 atom stereocenters. The van der Waals surface area contributed by atoms with Gasteiger partial charge in [-0.15, -0.1) is 0 Å². The van der Waals surface area contributed by atoms with Gasteiger partial charge in [0.05, 0.1) is 0 Å². The summed E-state index contributed by atoms with van der Waals surface area (Å²) in [5.41, 5.74) is 8.41. The average molecular weight is 297 g/mol. The molecule has 0 unspecified atom stereocenters. The molecule has 5 nitrogen and oxygen atoms in total. The third kappa shape index (κ3) is 4.34. The molecule has 0 aliphatic rings. The fraction of sp³-hybridized carbons (Fsp3) is 0.176. The number of urea groups is 1. The van der Waals surface area contributed by atoms with Crippen LogP contribution in [0.25, 0.3) is 0 Å². The average Bonchev–Trinajstić information content (AvgIpc) is 2.53. The van der Waals surface area contributed by atoms with Crippen molar-refractivity contribution in [2.24, 2.45) is 5.73 Å². The first kappa shape index (κ1) is 15.6. The molecule has 0 fully saturated rings. The molecule has 2 aromatic carbocycles. The summed E-state index contributed by atoms with van der Waals surface area (Å²) in [6.45, 7) is 2.41. The molecule has 114 valence electrons. The van der Waals surface area contributed by atoms with Crippen molar-refractivity contribution in [1.82, 2.24) is 5.32 Å². The standard InChI is InChI=1S/C17H19N3O2/c1-2-12-4-3-5-15(10-12)20-16(21)14-8-6-13(7-9-14)11-19-17(18)22/h3-10H,2,11H2,1H3,(H,20,21)(H3,18,19,22). The minimum absolute atomic E-state index is 0.164. The molecule has 22 heavy (non-hydrogen) atoms. The van der Waals surface area contributed by atoms with Crippen LogP contribution in [0.1, 0.15) is 28.4 Å². The Bertz CT molecular complexity index is 666. The molecule has 0 aliphatic carbocycles. The summed E-state index contributed by atoms with van der Waals surface area (Å²) in [6.07, 6.45) is 0.922. The largest absolute Gasteiger partial charge is 0.352 e. The van der Waals surface area contributed by atoms with Gasteiger partial charge in [-0.25, -0.2) is 4.79 Å². The van der Waals surface area contributed by atoms with Crippen molar-refractivity contribution in [1.29, 1.82) is 0 Å². The van der Waals surface area contributed by atoms with Crippen LogP contribution in [0.3, 0.4) is 0 Å². The highest BCUT2D eigenvalue weighted by Gasteiger charge is 2.06. The number of carbonyl (C=O) groups is 2. The SMILES string of the molecule is CCc1cccc(NC(=O)c2ccc(CNC(N)=O)cc2)c1. The van der Waals surface area contributed by atoms with Gasteiger partial charge in [-0.2, -0.15) is 0 Å². The van der Waals surface area contributed by atoms with Crippen LogP contribution >= 0.6 is 0 Å². The molecule has 0 saturated carbocycles. The number of amides is 3. The molecule has 5 heteroatoms. The van der Waals surface area contributed by atoms with Gasteiger partial charge in [0.2, 0.25) is 0 Å². The zero-order chi connectivity index (χ0) is 15.9. The first-order valence-corrected chi connectivity index (χ1v) is 7.11. The molecule has 3 amide bonds. The Kier molecular flexibility index (Phi) is 5.14. The van der Waals surface area contributed by atoms with E-state index in [4.69, 9.17) is 5.73 Å². The number of benzene rings is 2. The Morgan fingerprint density at radius 2 is 1.77 bits per heavy atom. The van der Waals surface area contributed by atoms with E-state index in [9.17, 15) is 9.59 Å². The van der Waals surface area contributed by atoms with Gasteiger partial charge in [-0.3, -0.25) is 4.79 Å². The summed E-state index contributed by atoms with van der Waals surface area (Å²) in [6, 6.07) is 14.2. The molecular formula is C17H19N3O2. The maximum atomic E-state index is 12.2. The smallest absolute Gasteiger partial charge is 0.312 e. The van der Waals surface area contributed by atoms with Gasteiger partial charge in [0.1, 0.15) is 0 Å². The minimum atomic E-state index is -0.572. The van der Waals surface area contributed by atoms with Crippen molar-refractivity contribution in [3.63, 3.8) is 0 Å². The molecule has 2 aromatic rings. The van der Waals surface area contributed by atoms with Gasteiger partial charge in [0.15, 0.2) is 0 Å². The Balaban J connectivity index is 2.01. The summed E-state index contributed by atoms with van der Waals surface area (Å²) in [4.78, 5) is 22.8. The number of carbonyl (C=O) groups excluding carboxylic acids is 2. The molecule has 0 aliphatic heterocycles. The molecule has 0 heterocycles. The van der Waals surface area contributed by atoms with Crippen LogP contribution < -0.4 is 16.4 Å². The van der Waals surface area contributed by atoms with Crippen LogP contribution in [0.2, 0.25) is 0 Å². The Morgan fingerprint density at radius 3 is 2.41 bits per heavy atom. The van der Waals surface area contributed by atoms with E-state index in [2.05, 4.69) is 17.6 Å². The first-order valence-electron chi connectivity index (χ1n) is 7.11. The number of anilines is 1. The summed E-state index contributed by atoms with van der Waals surface area (Å²) < 4.78 is 0. The highest BCUT2D eigenvalue weighted by Crippen LogP contribution is 2.13. The maximum Gasteiger partial charge on any atom is 0.312 e. The van der Waals surface area contributed by atoms with E-state index in [1.165, 1.54) is 5.56 Å². The number of primary amides is 1. The van der Waals surface area contributed by atoms with E-state index < -0.39 is 6.03 Å². The van der Waals surface area contributed by atoms with E-state index >= 15 is 0 Å². The van der Waals surface area contributed by atoms with Gasteiger partial charge in [-0.05, 0) is 41.8 Å². The summed E-state index contributed by atoms with van der Waals surface area (Å²) in [5.74, 6) is -0.164. The fourth-order valence-electron chi connectivity index (χ4n) is 2.04. The molecule has 0 radical (unpaired) electrons. The summed E-state index contributed by atoms with van der Waals surface area (Å²) >= 11 is 0. The zero-order valence-corrected chi connectivity index (χ0v) is 12.4. The minimum Gasteiger partial charge on any atom is -0.352 e. The summed E-state index contributed by atoms with van der Waals surface area (Å²) in [5, 5.41) is 5.38. The number of aryl methyl sites for hydroxylation is 1. The monoisotopic (exact) mass is 297 g/mol. The second-order valence-corrected chi connectivity index (χ2v) is 4.92. The molecule has 0 spiro atoms. The first-order chi connectivity index (χ1) is 10.6. The lowest BCUT2D eigenvalue weighted by Gasteiger charge is -2.08. The normalized spacial score (nSPS) is 10.0. The fourth-order valence-corrected chi connectivity index (χ4v) is 2.04. The third-order valence-electron chi connectivity index (χ3n) is 3.28. The Hall–Kier alpha value is -2.82. The zero-order valence-electron chi connectivity index (χ0n) is 12.4. The highest BCUT2D eigenvalue weighted by molar-refractivity contribution is 6.04. The van der Waals surface area contributed by atoms with Gasteiger partial charge in [0.25, 0.3) is 5.91 Å². The van der Waals surface area contributed by atoms with Crippen LogP contribution in [0.15, 0.2) is 48.5 Å². The molecular weight excluding hydrogens is 278 g/mol. The van der Waals surface area contributed by atoms with Crippen molar-refractivity contribution in [2.45, 2.75) is 19.9 Å². The number of nitrogens with one attached hydrogen (secondary N) is 2.